The molecule has 5 nitrogen and oxygen atoms in total. The van der Waals surface area contributed by atoms with E-state index in [4.69, 9.17) is 33.3 Å². The van der Waals surface area contributed by atoms with Gasteiger partial charge in [-0.05, 0) is 65.8 Å². The van der Waals surface area contributed by atoms with E-state index in [1.54, 1.807) is 0 Å². The highest BCUT2D eigenvalue weighted by molar-refractivity contribution is 14.1. The number of pyridine rings is 1. The molecule has 0 fully saturated rings. The molecule has 0 unspecified atom stereocenters. The van der Waals surface area contributed by atoms with Crippen LogP contribution in [0.4, 0.5) is 0 Å². The number of nitrogens with one attached hydrogen (secondary N) is 1. The molecule has 0 spiro atoms. The lowest BCUT2D eigenvalue weighted by Gasteiger charge is -2.09. The van der Waals surface area contributed by atoms with Crippen molar-refractivity contribution < 1.29 is 9.90 Å². The zero-order chi connectivity index (χ0) is 22.7. The van der Waals surface area contributed by atoms with Crippen molar-refractivity contribution >= 4 is 57.3 Å². The summed E-state index contributed by atoms with van der Waals surface area (Å²) in [5.74, 6) is -0.193. The predicted octanol–water partition coefficient (Wildman–Crippen LogP) is 6.08. The van der Waals surface area contributed by atoms with Crippen LogP contribution in [0.25, 0.3) is 28.2 Å². The average molecular weight is 580 g/mol. The summed E-state index contributed by atoms with van der Waals surface area (Å²) in [5.41, 5.74) is 4.51. The summed E-state index contributed by atoms with van der Waals surface area (Å²) in [6.07, 6.45) is 3.32. The Balaban J connectivity index is 1.89. The summed E-state index contributed by atoms with van der Waals surface area (Å²) in [6.45, 7) is 0.602. The molecule has 0 saturated carbocycles. The number of nitrogens with zero attached hydrogens (tertiary/aromatic N) is 2. The molecular weight excluding hydrogens is 560 g/mol. The Labute approximate surface area is 209 Å². The minimum atomic E-state index is -0.193. The van der Waals surface area contributed by atoms with Gasteiger partial charge >= 0.3 is 0 Å². The lowest BCUT2D eigenvalue weighted by Crippen LogP contribution is -2.25. The van der Waals surface area contributed by atoms with E-state index >= 15 is 0 Å². The zero-order valence-corrected chi connectivity index (χ0v) is 20.7. The summed E-state index contributed by atoms with van der Waals surface area (Å²) in [4.78, 5) is 17.9. The highest BCUT2D eigenvalue weighted by Gasteiger charge is 2.21. The Morgan fingerprint density at radius 1 is 1.00 bits per heavy atom. The van der Waals surface area contributed by atoms with Crippen LogP contribution in [0.3, 0.4) is 0 Å². The van der Waals surface area contributed by atoms with E-state index in [1.165, 1.54) is 0 Å². The molecule has 2 aromatic carbocycles. The van der Waals surface area contributed by atoms with Crippen molar-refractivity contribution in [2.45, 2.75) is 12.8 Å². The Morgan fingerprint density at radius 3 is 2.25 bits per heavy atom. The first-order valence-corrected chi connectivity index (χ1v) is 11.9. The van der Waals surface area contributed by atoms with Crippen molar-refractivity contribution in [2.24, 2.45) is 0 Å². The molecule has 0 saturated heterocycles. The predicted molar refractivity (Wildman–Crippen MR) is 137 cm³/mol. The molecule has 0 radical (unpaired) electrons. The molecule has 0 aliphatic heterocycles. The second-order valence-corrected chi connectivity index (χ2v) is 9.39. The van der Waals surface area contributed by atoms with Crippen LogP contribution in [0.5, 0.6) is 0 Å². The molecule has 0 aliphatic carbocycles. The van der Waals surface area contributed by atoms with Gasteiger partial charge < -0.3 is 10.4 Å². The van der Waals surface area contributed by atoms with Crippen molar-refractivity contribution in [3.05, 3.63) is 80.0 Å². The number of carbonyl (C=O) groups is 1. The van der Waals surface area contributed by atoms with Gasteiger partial charge in [-0.25, -0.2) is 4.98 Å². The van der Waals surface area contributed by atoms with Crippen LogP contribution in [0.1, 0.15) is 23.2 Å². The topological polar surface area (TPSA) is 66.6 Å². The monoisotopic (exact) mass is 579 g/mol. The Morgan fingerprint density at radius 2 is 1.62 bits per heavy atom. The molecule has 2 aromatic heterocycles. The van der Waals surface area contributed by atoms with E-state index in [-0.39, 0.29) is 12.5 Å². The Hall–Kier alpha value is -2.13. The number of hydrogen-bond donors (Lipinski definition) is 2. The SMILES string of the molecule is O=C(NCCCCO)c1cc(I)cn2c(-c3ccc(Cl)cc3)c(-c3ccc(Cl)cc3)nc12. The molecule has 1 amide bonds. The molecule has 32 heavy (non-hydrogen) atoms. The van der Waals surface area contributed by atoms with Crippen LogP contribution < -0.4 is 5.32 Å². The van der Waals surface area contributed by atoms with Gasteiger partial charge in [-0.15, -0.1) is 0 Å². The van der Waals surface area contributed by atoms with Gasteiger partial charge in [0.05, 0.1) is 17.0 Å². The summed E-state index contributed by atoms with van der Waals surface area (Å²) < 4.78 is 2.86. The third-order valence-electron chi connectivity index (χ3n) is 5.04. The normalized spacial score (nSPS) is 11.1. The van der Waals surface area contributed by atoms with Gasteiger partial charge in [0, 0.05) is 44.1 Å². The molecule has 0 atom stereocenters. The number of amides is 1. The lowest BCUT2D eigenvalue weighted by molar-refractivity contribution is 0.0953. The summed E-state index contributed by atoms with van der Waals surface area (Å²) >= 11 is 14.4. The Bertz CT molecular complexity index is 1260. The highest BCUT2D eigenvalue weighted by atomic mass is 127. The quantitative estimate of drug-likeness (QED) is 0.206. The summed E-state index contributed by atoms with van der Waals surface area (Å²) in [7, 11) is 0. The van der Waals surface area contributed by atoms with Crippen LogP contribution in [0.15, 0.2) is 60.8 Å². The maximum atomic E-state index is 13.0. The lowest BCUT2D eigenvalue weighted by atomic mass is 10.0. The van der Waals surface area contributed by atoms with Crippen LogP contribution in [-0.4, -0.2) is 33.6 Å². The fourth-order valence-electron chi connectivity index (χ4n) is 3.51. The van der Waals surface area contributed by atoms with Crippen LogP contribution in [0, 0.1) is 3.57 Å². The smallest absolute Gasteiger partial charge is 0.255 e. The number of aliphatic hydroxyl groups excluding tert-OH is 1. The molecule has 2 heterocycles. The number of aromatic nitrogens is 2. The third kappa shape index (κ3) is 4.93. The third-order valence-corrected chi connectivity index (χ3v) is 6.13. The maximum absolute atomic E-state index is 13.0. The first kappa shape index (κ1) is 23.0. The van der Waals surface area contributed by atoms with Gasteiger partial charge in [0.15, 0.2) is 5.65 Å². The summed E-state index contributed by atoms with van der Waals surface area (Å²) in [6, 6.07) is 16.9. The van der Waals surface area contributed by atoms with Gasteiger partial charge in [0.25, 0.3) is 5.91 Å². The van der Waals surface area contributed by atoms with Gasteiger partial charge in [0.2, 0.25) is 0 Å². The number of rotatable bonds is 7. The number of unbranched alkanes of at least 4 members (excludes halogenated alkanes) is 1. The van der Waals surface area contributed by atoms with E-state index in [2.05, 4.69) is 27.9 Å². The molecule has 4 rings (SSSR count). The van der Waals surface area contributed by atoms with Crippen LogP contribution in [-0.2, 0) is 0 Å². The standard InChI is InChI=1S/C24H20Cl2IN3O2/c25-17-7-3-15(4-8-17)21-22(16-5-9-18(26)10-6-16)30-14-19(27)13-20(23(30)29-21)24(32)28-11-1-2-12-31/h3-10,13-14,31H,1-2,11-12H2,(H,28,32). The van der Waals surface area contributed by atoms with Crippen molar-refractivity contribution in [3.8, 4) is 22.5 Å². The molecule has 8 heteroatoms. The van der Waals surface area contributed by atoms with E-state index < -0.39 is 0 Å². The van der Waals surface area contributed by atoms with Gasteiger partial charge in [-0.1, -0.05) is 47.5 Å². The summed E-state index contributed by atoms with van der Waals surface area (Å²) in [5, 5.41) is 13.2. The number of carbonyl (C=O) groups excluding carboxylic acids is 1. The van der Waals surface area contributed by atoms with Gasteiger partial charge in [-0.3, -0.25) is 9.20 Å². The van der Waals surface area contributed by atoms with E-state index in [9.17, 15) is 4.79 Å². The number of imidazole rings is 1. The van der Waals surface area contributed by atoms with Crippen molar-refractivity contribution in [3.63, 3.8) is 0 Å². The Kier molecular flexibility index (Phi) is 7.35. The number of halogens is 3. The van der Waals surface area contributed by atoms with Gasteiger partial charge in [0.1, 0.15) is 0 Å². The molecule has 164 valence electrons. The number of aliphatic hydroxyl groups is 1. The zero-order valence-electron chi connectivity index (χ0n) is 17.0. The van der Waals surface area contributed by atoms with E-state index in [1.807, 2.05) is 65.2 Å². The fourth-order valence-corrected chi connectivity index (χ4v) is 4.35. The fraction of sp³-hybridized carbons (Fsp3) is 0.167. The first-order chi connectivity index (χ1) is 15.5. The van der Waals surface area contributed by atoms with Crippen LogP contribution >= 0.6 is 45.8 Å². The van der Waals surface area contributed by atoms with Crippen molar-refractivity contribution in [2.75, 3.05) is 13.2 Å². The molecule has 0 bridgehead atoms. The number of fused-ring (bicyclic) bond motifs is 1. The molecular formula is C24H20Cl2IN3O2. The molecule has 0 aliphatic rings. The van der Waals surface area contributed by atoms with Crippen LogP contribution in [0.2, 0.25) is 10.0 Å². The second-order valence-electron chi connectivity index (χ2n) is 7.28. The van der Waals surface area contributed by atoms with Crippen molar-refractivity contribution in [1.29, 1.82) is 0 Å². The average Bonchev–Trinajstić information content (AvgIpc) is 3.16. The number of hydrogen-bond acceptors (Lipinski definition) is 3. The second kappa shape index (κ2) is 10.2. The largest absolute Gasteiger partial charge is 0.396 e. The molecule has 4 aromatic rings. The maximum Gasteiger partial charge on any atom is 0.255 e. The minimum Gasteiger partial charge on any atom is -0.396 e. The van der Waals surface area contributed by atoms with Crippen molar-refractivity contribution in [1.82, 2.24) is 14.7 Å². The molecule has 2 N–H and O–H groups in total. The van der Waals surface area contributed by atoms with E-state index in [0.29, 0.717) is 40.6 Å². The first-order valence-electron chi connectivity index (χ1n) is 10.1. The minimum absolute atomic E-state index is 0.110. The van der Waals surface area contributed by atoms with E-state index in [0.717, 1.165) is 26.1 Å². The number of benzene rings is 2. The highest BCUT2D eigenvalue weighted by Crippen LogP contribution is 2.35. The van der Waals surface area contributed by atoms with Gasteiger partial charge in [-0.2, -0.15) is 0 Å².